The molecule has 0 atom stereocenters. The van der Waals surface area contributed by atoms with Gasteiger partial charge in [0.2, 0.25) is 0 Å². The van der Waals surface area contributed by atoms with Gasteiger partial charge >= 0.3 is 25.8 Å². The first kappa shape index (κ1) is 23.0. The monoisotopic (exact) mass is 523 g/mol. The minimum absolute atomic E-state index is 0. The summed E-state index contributed by atoms with van der Waals surface area (Å²) in [6, 6.07) is 15.2. The maximum absolute atomic E-state index is 2.99. The van der Waals surface area contributed by atoms with Crippen molar-refractivity contribution in [2.45, 2.75) is 20.3 Å². The summed E-state index contributed by atoms with van der Waals surface area (Å²) in [5.41, 5.74) is 3.85. The van der Waals surface area contributed by atoms with E-state index in [1.165, 1.54) is 27.7 Å². The van der Waals surface area contributed by atoms with Crippen molar-refractivity contribution in [2.75, 3.05) is 0 Å². The Morgan fingerprint density at radius 3 is 2.33 bits per heavy atom. The molecule has 0 N–H and O–H groups in total. The summed E-state index contributed by atoms with van der Waals surface area (Å²) in [4.78, 5) is 0. The molecule has 1 aliphatic rings. The summed E-state index contributed by atoms with van der Waals surface area (Å²) < 4.78 is 2.25. The molecular formula is C20H19Cl2HfN. The summed E-state index contributed by atoms with van der Waals surface area (Å²) in [5.74, 6) is 0. The third-order valence-electron chi connectivity index (χ3n) is 3.62. The average molecular weight is 523 g/mol. The molecule has 3 aromatic rings. The molecule has 1 heterocycles. The van der Waals surface area contributed by atoms with Crippen molar-refractivity contribution < 1.29 is 50.7 Å². The van der Waals surface area contributed by atoms with Gasteiger partial charge in [0.15, 0.2) is 0 Å². The zero-order valence-corrected chi connectivity index (χ0v) is 18.9. The van der Waals surface area contributed by atoms with Gasteiger partial charge in [0, 0.05) is 11.9 Å². The molecule has 4 rings (SSSR count). The predicted molar refractivity (Wildman–Crippen MR) is 89.9 cm³/mol. The summed E-state index contributed by atoms with van der Waals surface area (Å²) in [5, 5.41) is 2.62. The Kier molecular flexibility index (Phi) is 10.4. The van der Waals surface area contributed by atoms with Crippen LogP contribution in [-0.2, 0) is 25.8 Å². The maximum atomic E-state index is 2.99. The van der Waals surface area contributed by atoms with Gasteiger partial charge < -0.3 is 29.4 Å². The fourth-order valence-corrected chi connectivity index (χ4v) is 2.63. The molecule has 0 aliphatic heterocycles. The number of fused-ring (bicyclic) bond motifs is 1. The van der Waals surface area contributed by atoms with Crippen LogP contribution in [0.15, 0.2) is 66.9 Å². The van der Waals surface area contributed by atoms with Crippen molar-refractivity contribution >= 4 is 10.8 Å². The van der Waals surface area contributed by atoms with Crippen molar-refractivity contribution in [1.82, 2.24) is 4.57 Å². The average Bonchev–Trinajstić information content (AvgIpc) is 3.19. The van der Waals surface area contributed by atoms with E-state index in [9.17, 15) is 0 Å². The largest absolute Gasteiger partial charge is 4.00 e. The SMILES string of the molecule is Cc1cc(C)n(-c2cc3ccccc3[cH-]2)c1.[C-]1=CC=CC1.[Cl-].[Cl-].[Hf+4]. The number of hydrogen-bond acceptors (Lipinski definition) is 0. The van der Waals surface area contributed by atoms with Crippen LogP contribution in [-0.4, -0.2) is 4.57 Å². The first-order chi connectivity index (χ1) is 10.2. The minimum Gasteiger partial charge on any atom is -1.00 e. The molecule has 1 aromatic heterocycles. The van der Waals surface area contributed by atoms with E-state index in [2.05, 4.69) is 79.2 Å². The second-order valence-corrected chi connectivity index (χ2v) is 5.37. The van der Waals surface area contributed by atoms with Gasteiger partial charge in [0.1, 0.15) is 0 Å². The summed E-state index contributed by atoms with van der Waals surface area (Å²) in [7, 11) is 0. The molecule has 1 aliphatic carbocycles. The Balaban J connectivity index is 0.000000578. The van der Waals surface area contributed by atoms with Crippen LogP contribution in [0.4, 0.5) is 0 Å². The van der Waals surface area contributed by atoms with Crippen LogP contribution in [0.25, 0.3) is 16.5 Å². The Bertz CT molecular complexity index is 769. The van der Waals surface area contributed by atoms with Crippen LogP contribution in [0.1, 0.15) is 17.7 Å². The smallest absolute Gasteiger partial charge is 1.00 e. The summed E-state index contributed by atoms with van der Waals surface area (Å²) in [6.45, 7) is 4.27. The quantitative estimate of drug-likeness (QED) is 0.294. The van der Waals surface area contributed by atoms with E-state index in [0.717, 1.165) is 6.42 Å². The number of halogens is 2. The standard InChI is InChI=1S/C15H14N.C5H5.2ClH.Hf/c1-11-7-12(2)16(10-11)15-8-13-5-3-4-6-14(13)9-15;1-2-4-5-3-1;;;/h3-10H,1-2H3;1-3H,4H2;2*1H;/q2*-1;;;+4/p-2. The van der Waals surface area contributed by atoms with Gasteiger partial charge in [0.25, 0.3) is 0 Å². The zero-order valence-electron chi connectivity index (χ0n) is 13.8. The topological polar surface area (TPSA) is 4.93 Å². The maximum Gasteiger partial charge on any atom is 4.00 e. The van der Waals surface area contributed by atoms with Crippen LogP contribution in [0.2, 0.25) is 0 Å². The fourth-order valence-electron chi connectivity index (χ4n) is 2.63. The van der Waals surface area contributed by atoms with E-state index in [4.69, 9.17) is 0 Å². The second-order valence-electron chi connectivity index (χ2n) is 5.37. The first-order valence-electron chi connectivity index (χ1n) is 7.27. The molecule has 0 bridgehead atoms. The van der Waals surface area contributed by atoms with Crippen molar-refractivity contribution in [2.24, 2.45) is 0 Å². The third-order valence-corrected chi connectivity index (χ3v) is 3.62. The minimum atomic E-state index is 0. The van der Waals surface area contributed by atoms with Gasteiger partial charge in [-0.3, -0.25) is 6.08 Å². The van der Waals surface area contributed by atoms with Crippen LogP contribution >= 0.6 is 0 Å². The molecule has 2 aromatic carbocycles. The summed E-state index contributed by atoms with van der Waals surface area (Å²) >= 11 is 0. The van der Waals surface area contributed by atoms with Crippen LogP contribution < -0.4 is 24.8 Å². The van der Waals surface area contributed by atoms with E-state index in [-0.39, 0.29) is 50.7 Å². The van der Waals surface area contributed by atoms with Gasteiger partial charge in [-0.2, -0.15) is 6.08 Å². The van der Waals surface area contributed by atoms with Crippen molar-refractivity contribution in [3.8, 4) is 5.69 Å². The number of rotatable bonds is 1. The van der Waals surface area contributed by atoms with E-state index >= 15 is 0 Å². The molecule has 0 spiro atoms. The van der Waals surface area contributed by atoms with Crippen molar-refractivity contribution in [1.29, 1.82) is 0 Å². The molecule has 0 fully saturated rings. The number of aromatic nitrogens is 1. The molecular weight excluding hydrogens is 504 g/mol. The molecule has 0 radical (unpaired) electrons. The molecule has 0 unspecified atom stereocenters. The third kappa shape index (κ3) is 5.54. The Labute approximate surface area is 175 Å². The Hall–Kier alpha value is -0.960. The molecule has 0 saturated carbocycles. The number of hydrogen-bond donors (Lipinski definition) is 0. The zero-order chi connectivity index (χ0) is 14.7. The van der Waals surface area contributed by atoms with Crippen molar-refractivity contribution in [3.63, 3.8) is 0 Å². The van der Waals surface area contributed by atoms with Gasteiger partial charge in [-0.1, -0.05) is 6.07 Å². The molecule has 122 valence electrons. The van der Waals surface area contributed by atoms with Crippen LogP contribution in [0, 0.1) is 19.9 Å². The molecule has 0 saturated heterocycles. The Morgan fingerprint density at radius 1 is 1.08 bits per heavy atom. The van der Waals surface area contributed by atoms with Gasteiger partial charge in [-0.05, 0) is 31.2 Å². The fraction of sp³-hybridized carbons (Fsp3) is 0.150. The second kappa shape index (κ2) is 10.8. The van der Waals surface area contributed by atoms with Gasteiger partial charge in [0.05, 0.1) is 0 Å². The molecule has 24 heavy (non-hydrogen) atoms. The van der Waals surface area contributed by atoms with Crippen molar-refractivity contribution in [3.05, 3.63) is 84.2 Å². The number of allylic oxidation sites excluding steroid dienone is 4. The van der Waals surface area contributed by atoms with Crippen LogP contribution in [0.3, 0.4) is 0 Å². The van der Waals surface area contributed by atoms with E-state index in [1.807, 2.05) is 12.2 Å². The Morgan fingerprint density at radius 2 is 1.83 bits per heavy atom. The number of benzene rings is 1. The van der Waals surface area contributed by atoms with E-state index in [0.29, 0.717) is 0 Å². The van der Waals surface area contributed by atoms with Gasteiger partial charge in [-0.25, -0.2) is 12.2 Å². The molecule has 4 heteroatoms. The predicted octanol–water partition coefficient (Wildman–Crippen LogP) is -0.723. The van der Waals surface area contributed by atoms with Crippen LogP contribution in [0.5, 0.6) is 0 Å². The van der Waals surface area contributed by atoms with Gasteiger partial charge in [-0.15, -0.1) is 47.5 Å². The molecule has 0 amide bonds. The molecule has 1 nitrogen and oxygen atoms in total. The normalized spacial score (nSPS) is 11.1. The first-order valence-corrected chi connectivity index (χ1v) is 7.27. The van der Waals surface area contributed by atoms with E-state index in [1.54, 1.807) is 0 Å². The number of aryl methyl sites for hydroxylation is 2. The van der Waals surface area contributed by atoms with E-state index < -0.39 is 0 Å². The number of nitrogens with zero attached hydrogens (tertiary/aromatic N) is 1. The summed E-state index contributed by atoms with van der Waals surface area (Å²) in [6.07, 6.45) is 12.2.